The number of aromatic nitrogens is 1. The van der Waals surface area contributed by atoms with E-state index in [-0.39, 0.29) is 0 Å². The minimum absolute atomic E-state index is 1.05. The lowest BCUT2D eigenvalue weighted by Crippen LogP contribution is -2.11. The minimum Gasteiger partial charge on any atom is -0.310 e. The summed E-state index contributed by atoms with van der Waals surface area (Å²) >= 11 is 0. The van der Waals surface area contributed by atoms with Crippen LogP contribution in [-0.4, -0.2) is 4.98 Å². The van der Waals surface area contributed by atoms with E-state index in [9.17, 15) is 0 Å². The first-order valence-electron chi connectivity index (χ1n) is 20.5. The van der Waals surface area contributed by atoms with Crippen molar-refractivity contribution >= 4 is 77.2 Å². The summed E-state index contributed by atoms with van der Waals surface area (Å²) in [5.74, 6) is 0. The molecule has 1 aliphatic rings. The molecule has 0 saturated heterocycles. The maximum Gasteiger partial charge on any atom is 0.0723 e. The Morgan fingerprint density at radius 1 is 0.283 bits per heavy atom. The molecule has 12 rings (SSSR count). The highest BCUT2D eigenvalue weighted by molar-refractivity contribution is 6.19. The van der Waals surface area contributed by atoms with E-state index >= 15 is 0 Å². The van der Waals surface area contributed by atoms with E-state index in [2.05, 4.69) is 222 Å². The molecule has 11 aromatic rings. The summed E-state index contributed by atoms with van der Waals surface area (Å²) in [6.45, 7) is 0. The van der Waals surface area contributed by atoms with Crippen LogP contribution in [0, 0.1) is 0 Å². The maximum absolute atomic E-state index is 4.76. The molecule has 0 bridgehead atoms. The zero-order valence-electron chi connectivity index (χ0n) is 32.7. The molecule has 0 unspecified atom stereocenters. The number of hydrogen-bond donors (Lipinski definition) is 0. The fourth-order valence-electron chi connectivity index (χ4n) is 9.44. The maximum atomic E-state index is 4.76. The van der Waals surface area contributed by atoms with E-state index in [1.807, 2.05) is 12.4 Å². The average Bonchev–Trinajstić information content (AvgIpc) is 3.65. The van der Waals surface area contributed by atoms with Gasteiger partial charge in [0.15, 0.2) is 0 Å². The largest absolute Gasteiger partial charge is 0.310 e. The van der Waals surface area contributed by atoms with Gasteiger partial charge in [0, 0.05) is 45.1 Å². The first-order chi connectivity index (χ1) is 29.8. The van der Waals surface area contributed by atoms with Crippen molar-refractivity contribution in [3.63, 3.8) is 0 Å². The molecule has 280 valence electrons. The zero-order valence-corrected chi connectivity index (χ0v) is 32.7. The normalized spacial score (nSPS) is 11.7. The van der Waals surface area contributed by atoms with Crippen LogP contribution in [0.5, 0.6) is 0 Å². The Kier molecular flexibility index (Phi) is 7.85. The number of rotatable bonds is 7. The van der Waals surface area contributed by atoms with Gasteiger partial charge in [0.2, 0.25) is 0 Å². The first-order valence-corrected chi connectivity index (χ1v) is 20.5. The van der Waals surface area contributed by atoms with Gasteiger partial charge in [-0.05, 0) is 115 Å². The molecule has 0 aliphatic heterocycles. The van der Waals surface area contributed by atoms with Crippen LogP contribution in [0.3, 0.4) is 0 Å². The van der Waals surface area contributed by atoms with Crippen LogP contribution >= 0.6 is 0 Å². The Labute approximate surface area is 348 Å². The number of nitrogens with zero attached hydrogens (tertiary/aromatic N) is 3. The molecule has 3 nitrogen and oxygen atoms in total. The van der Waals surface area contributed by atoms with Crippen molar-refractivity contribution < 1.29 is 0 Å². The molecule has 0 radical (unpaired) electrons. The molecule has 3 heteroatoms. The zero-order chi connectivity index (χ0) is 39.6. The van der Waals surface area contributed by atoms with Crippen LogP contribution in [0.25, 0.3) is 76.5 Å². The van der Waals surface area contributed by atoms with Crippen molar-refractivity contribution in [2.75, 3.05) is 9.80 Å². The highest BCUT2D eigenvalue weighted by atomic mass is 15.2. The van der Waals surface area contributed by atoms with Gasteiger partial charge in [-0.25, -0.2) is 0 Å². The second-order valence-electron chi connectivity index (χ2n) is 15.6. The SMILES string of the molecule is c1ccc(N(c2ccc(-c3ccc(N(c4cncc5ccccc45)c4ccc5c6c(cccc46)-c4ccccc4-5)cc3)cc2)c2ccc3c(ccc4ccccc43)c2)cc1. The summed E-state index contributed by atoms with van der Waals surface area (Å²) in [7, 11) is 0. The Bertz CT molecular complexity index is 3390. The second-order valence-corrected chi connectivity index (χ2v) is 15.6. The fourth-order valence-corrected chi connectivity index (χ4v) is 9.44. The van der Waals surface area contributed by atoms with Gasteiger partial charge in [-0.2, -0.15) is 0 Å². The molecule has 1 aliphatic carbocycles. The van der Waals surface area contributed by atoms with Gasteiger partial charge >= 0.3 is 0 Å². The molecule has 60 heavy (non-hydrogen) atoms. The number of anilines is 6. The van der Waals surface area contributed by atoms with Gasteiger partial charge in [0.05, 0.1) is 17.6 Å². The predicted octanol–water partition coefficient (Wildman–Crippen LogP) is 15.9. The lowest BCUT2D eigenvalue weighted by Gasteiger charge is -2.28. The molecular formula is C57H37N3. The fraction of sp³-hybridized carbons (Fsp3) is 0. The molecule has 0 N–H and O–H groups in total. The lowest BCUT2D eigenvalue weighted by molar-refractivity contribution is 1.26. The molecule has 0 amide bonds. The summed E-state index contributed by atoms with van der Waals surface area (Å²) < 4.78 is 0. The third kappa shape index (κ3) is 5.48. The van der Waals surface area contributed by atoms with Crippen LogP contribution in [0.1, 0.15) is 0 Å². The summed E-state index contributed by atoms with van der Waals surface area (Å²) in [6, 6.07) is 77.0. The van der Waals surface area contributed by atoms with Crippen LogP contribution < -0.4 is 9.80 Å². The van der Waals surface area contributed by atoms with E-state index in [4.69, 9.17) is 4.98 Å². The quantitative estimate of drug-likeness (QED) is 0.151. The number of pyridine rings is 1. The predicted molar refractivity (Wildman–Crippen MR) is 253 cm³/mol. The van der Waals surface area contributed by atoms with Crippen molar-refractivity contribution in [1.29, 1.82) is 0 Å². The van der Waals surface area contributed by atoms with Gasteiger partial charge < -0.3 is 9.80 Å². The molecule has 10 aromatic carbocycles. The van der Waals surface area contributed by atoms with E-state index in [1.54, 1.807) is 0 Å². The van der Waals surface area contributed by atoms with Crippen molar-refractivity contribution in [2.24, 2.45) is 0 Å². The highest BCUT2D eigenvalue weighted by Crippen LogP contribution is 2.51. The molecule has 0 saturated carbocycles. The smallest absolute Gasteiger partial charge is 0.0723 e. The van der Waals surface area contributed by atoms with Gasteiger partial charge in [0.25, 0.3) is 0 Å². The number of hydrogen-bond acceptors (Lipinski definition) is 3. The standard InChI is InChI=1S/C57H37N3/c1-2-13-43(14-3-1)59(46-31-32-48-41(35-46)22-21-40-11-4-6-15-47(40)48)44-27-23-38(24-28-44)39-25-29-45(30-26-39)60(56-37-58-36-42-12-5-7-16-49(42)56)55-34-33-53-51-18-9-8-17-50(51)52-19-10-20-54(55)57(52)53/h1-37H. The third-order valence-electron chi connectivity index (χ3n) is 12.2. The highest BCUT2D eigenvalue weighted by Gasteiger charge is 2.25. The Morgan fingerprint density at radius 3 is 1.60 bits per heavy atom. The van der Waals surface area contributed by atoms with E-state index in [0.717, 1.165) is 56.0 Å². The topological polar surface area (TPSA) is 19.4 Å². The van der Waals surface area contributed by atoms with E-state index < -0.39 is 0 Å². The van der Waals surface area contributed by atoms with E-state index in [1.165, 1.54) is 54.6 Å². The second kappa shape index (κ2) is 13.8. The number of benzene rings is 10. The molecule has 1 heterocycles. The Morgan fingerprint density at radius 2 is 0.833 bits per heavy atom. The van der Waals surface area contributed by atoms with Crippen molar-refractivity contribution in [3.8, 4) is 33.4 Å². The van der Waals surface area contributed by atoms with Crippen molar-refractivity contribution in [1.82, 2.24) is 4.98 Å². The molecule has 0 spiro atoms. The van der Waals surface area contributed by atoms with Crippen LogP contribution in [0.2, 0.25) is 0 Å². The molecule has 0 atom stereocenters. The average molecular weight is 764 g/mol. The van der Waals surface area contributed by atoms with Crippen molar-refractivity contribution in [3.05, 3.63) is 225 Å². The molecular weight excluding hydrogens is 727 g/mol. The Balaban J connectivity index is 0.936. The summed E-state index contributed by atoms with van der Waals surface area (Å²) in [4.78, 5) is 9.49. The van der Waals surface area contributed by atoms with Crippen LogP contribution in [-0.2, 0) is 0 Å². The third-order valence-corrected chi connectivity index (χ3v) is 12.2. The summed E-state index contributed by atoms with van der Waals surface area (Å²) in [6.07, 6.45) is 3.96. The van der Waals surface area contributed by atoms with Crippen LogP contribution in [0.4, 0.5) is 34.1 Å². The van der Waals surface area contributed by atoms with Gasteiger partial charge in [-0.3, -0.25) is 4.98 Å². The first kappa shape index (κ1) is 34.1. The monoisotopic (exact) mass is 763 g/mol. The molecule has 0 fully saturated rings. The van der Waals surface area contributed by atoms with Gasteiger partial charge in [0.1, 0.15) is 0 Å². The van der Waals surface area contributed by atoms with Crippen LogP contribution in [0.15, 0.2) is 225 Å². The summed E-state index contributed by atoms with van der Waals surface area (Å²) in [5, 5.41) is 9.79. The number of fused-ring (bicyclic) bond motifs is 7. The summed E-state index contributed by atoms with van der Waals surface area (Å²) in [5.41, 5.74) is 14.1. The van der Waals surface area contributed by atoms with E-state index in [0.29, 0.717) is 0 Å². The Hall–Kier alpha value is -8.01. The minimum atomic E-state index is 1.05. The lowest BCUT2D eigenvalue weighted by atomic mass is 9.99. The number of para-hydroxylation sites is 1. The van der Waals surface area contributed by atoms with Gasteiger partial charge in [-0.1, -0.05) is 158 Å². The molecule has 1 aromatic heterocycles. The van der Waals surface area contributed by atoms with Gasteiger partial charge in [-0.15, -0.1) is 0 Å². The van der Waals surface area contributed by atoms with Crippen molar-refractivity contribution in [2.45, 2.75) is 0 Å².